The summed E-state index contributed by atoms with van der Waals surface area (Å²) in [6.45, 7) is 3.37. The SMILES string of the molecule is O=C(NCCCN1CCC(F)CC1)c1ccc2c(c1)nc1[nH]c(-c3ccc([C@@H]4CCCN4C(=O)O)cc3F)cn12. The van der Waals surface area contributed by atoms with E-state index in [1.165, 1.54) is 11.0 Å². The highest BCUT2D eigenvalue weighted by Crippen LogP contribution is 2.34. The Morgan fingerprint density at radius 2 is 1.93 bits per heavy atom. The number of imidazole rings is 2. The Morgan fingerprint density at radius 3 is 2.70 bits per heavy atom. The molecule has 6 rings (SSSR count). The smallest absolute Gasteiger partial charge is 0.407 e. The van der Waals surface area contributed by atoms with E-state index < -0.39 is 18.1 Å². The van der Waals surface area contributed by atoms with Crippen LogP contribution in [0.2, 0.25) is 0 Å². The number of aromatic amines is 1. The first kappa shape index (κ1) is 26.2. The van der Waals surface area contributed by atoms with Crippen LogP contribution in [0.5, 0.6) is 0 Å². The monoisotopic (exact) mass is 550 g/mol. The van der Waals surface area contributed by atoms with Crippen LogP contribution >= 0.6 is 0 Å². The standard InChI is InChI=1S/C29H32F2N6O3/c30-20-8-13-35(14-9-20)11-2-10-32-27(38)19-5-7-26-23(16-19)33-28-34-24(17-37(26)28)21-6-4-18(15-22(21)31)25-3-1-12-36(25)29(39)40/h4-7,15-17,20,25H,1-3,8-14H2,(H,32,38)(H,33,34)(H,39,40)/t25-/m0/s1. The Morgan fingerprint density at radius 1 is 1.10 bits per heavy atom. The van der Waals surface area contributed by atoms with Gasteiger partial charge in [-0.05, 0) is 74.5 Å². The van der Waals surface area contributed by atoms with Crippen molar-refractivity contribution in [2.75, 3.05) is 32.7 Å². The first-order chi connectivity index (χ1) is 19.4. The molecule has 0 bridgehead atoms. The minimum Gasteiger partial charge on any atom is -0.465 e. The summed E-state index contributed by atoms with van der Waals surface area (Å²) >= 11 is 0. The lowest BCUT2D eigenvalue weighted by Crippen LogP contribution is -2.36. The molecule has 0 aliphatic carbocycles. The number of likely N-dealkylation sites (tertiary alicyclic amines) is 2. The number of nitrogens with zero attached hydrogens (tertiary/aromatic N) is 4. The number of benzene rings is 2. The molecule has 0 unspecified atom stereocenters. The Bertz CT molecular complexity index is 1560. The van der Waals surface area contributed by atoms with E-state index in [9.17, 15) is 19.1 Å². The summed E-state index contributed by atoms with van der Waals surface area (Å²) in [6.07, 6.45) is 3.50. The van der Waals surface area contributed by atoms with Crippen LogP contribution in [0.3, 0.4) is 0 Å². The molecule has 2 aliphatic heterocycles. The minimum absolute atomic E-state index is 0.174. The number of halogens is 2. The fraction of sp³-hybridized carbons (Fsp3) is 0.414. The number of fused-ring (bicyclic) bond motifs is 3. The molecule has 1 atom stereocenters. The molecule has 4 aromatic rings. The average molecular weight is 551 g/mol. The van der Waals surface area contributed by atoms with E-state index in [1.807, 2.05) is 10.5 Å². The van der Waals surface area contributed by atoms with Crippen molar-refractivity contribution < 1.29 is 23.5 Å². The van der Waals surface area contributed by atoms with Crippen molar-refractivity contribution in [2.45, 2.75) is 44.3 Å². The molecular weight excluding hydrogens is 518 g/mol. The van der Waals surface area contributed by atoms with E-state index in [0.717, 1.165) is 38.0 Å². The number of nitrogens with one attached hydrogen (secondary N) is 2. The quantitative estimate of drug-likeness (QED) is 0.281. The molecule has 2 amide bonds. The molecule has 11 heteroatoms. The summed E-state index contributed by atoms with van der Waals surface area (Å²) in [5.74, 6) is -0.0852. The molecule has 2 fully saturated rings. The van der Waals surface area contributed by atoms with Crippen LogP contribution in [0.4, 0.5) is 13.6 Å². The Labute approximate surface area is 229 Å². The fourth-order valence-electron chi connectivity index (χ4n) is 5.91. The zero-order valence-electron chi connectivity index (χ0n) is 22.1. The van der Waals surface area contributed by atoms with Crippen molar-refractivity contribution in [3.05, 3.63) is 59.5 Å². The average Bonchev–Trinajstić information content (AvgIpc) is 3.66. The van der Waals surface area contributed by atoms with Crippen LogP contribution in [-0.4, -0.2) is 80.2 Å². The molecule has 0 saturated carbocycles. The number of carbonyl (C=O) groups is 2. The maximum atomic E-state index is 15.2. The number of H-pyrrole nitrogens is 1. The van der Waals surface area contributed by atoms with Gasteiger partial charge >= 0.3 is 6.09 Å². The predicted octanol–water partition coefficient (Wildman–Crippen LogP) is 4.99. The van der Waals surface area contributed by atoms with E-state index in [0.29, 0.717) is 66.0 Å². The van der Waals surface area contributed by atoms with E-state index >= 15 is 4.39 Å². The van der Waals surface area contributed by atoms with Crippen molar-refractivity contribution in [1.82, 2.24) is 29.5 Å². The maximum Gasteiger partial charge on any atom is 0.407 e. The molecule has 2 aliphatic rings. The van der Waals surface area contributed by atoms with Crippen LogP contribution in [-0.2, 0) is 0 Å². The minimum atomic E-state index is -0.989. The lowest BCUT2D eigenvalue weighted by atomic mass is 10.0. The van der Waals surface area contributed by atoms with Crippen molar-refractivity contribution in [1.29, 1.82) is 0 Å². The molecule has 0 spiro atoms. The number of hydrogen-bond donors (Lipinski definition) is 3. The van der Waals surface area contributed by atoms with Gasteiger partial charge in [-0.25, -0.2) is 18.6 Å². The first-order valence-electron chi connectivity index (χ1n) is 13.8. The van der Waals surface area contributed by atoms with Gasteiger partial charge in [-0.3, -0.25) is 9.20 Å². The highest BCUT2D eigenvalue weighted by atomic mass is 19.1. The Hall–Kier alpha value is -3.99. The zero-order chi connectivity index (χ0) is 27.8. The van der Waals surface area contributed by atoms with Gasteiger partial charge in [-0.15, -0.1) is 0 Å². The van der Waals surface area contributed by atoms with E-state index in [-0.39, 0.29) is 11.9 Å². The number of amides is 2. The molecule has 9 nitrogen and oxygen atoms in total. The molecule has 40 heavy (non-hydrogen) atoms. The molecule has 2 aromatic carbocycles. The number of carbonyl (C=O) groups excluding carboxylic acids is 1. The number of hydrogen-bond acceptors (Lipinski definition) is 4. The normalized spacial score (nSPS) is 18.6. The zero-order valence-corrected chi connectivity index (χ0v) is 22.1. The second-order valence-corrected chi connectivity index (χ2v) is 10.7. The summed E-state index contributed by atoms with van der Waals surface area (Å²) in [5.41, 5.74) is 3.50. The van der Waals surface area contributed by atoms with Crippen molar-refractivity contribution >= 4 is 28.8 Å². The fourth-order valence-corrected chi connectivity index (χ4v) is 5.91. The number of piperidine rings is 1. The van der Waals surface area contributed by atoms with Crippen LogP contribution < -0.4 is 5.32 Å². The third-order valence-corrected chi connectivity index (χ3v) is 8.08. The third-order valence-electron chi connectivity index (χ3n) is 8.08. The van der Waals surface area contributed by atoms with Gasteiger partial charge in [0.2, 0.25) is 5.78 Å². The maximum absolute atomic E-state index is 15.2. The Balaban J connectivity index is 1.13. The van der Waals surface area contributed by atoms with Crippen LogP contribution in [0, 0.1) is 5.82 Å². The Kier molecular flexibility index (Phi) is 7.14. The van der Waals surface area contributed by atoms with Crippen molar-refractivity contribution in [3.63, 3.8) is 0 Å². The van der Waals surface area contributed by atoms with Gasteiger partial charge in [0.15, 0.2) is 0 Å². The number of aromatic nitrogens is 3. The van der Waals surface area contributed by atoms with E-state index in [2.05, 4.69) is 20.2 Å². The number of rotatable bonds is 7. The van der Waals surface area contributed by atoms with Gasteiger partial charge in [-0.2, -0.15) is 0 Å². The van der Waals surface area contributed by atoms with Gasteiger partial charge < -0.3 is 25.2 Å². The highest BCUT2D eigenvalue weighted by Gasteiger charge is 2.30. The van der Waals surface area contributed by atoms with Crippen LogP contribution in [0.25, 0.3) is 28.1 Å². The van der Waals surface area contributed by atoms with Gasteiger partial charge in [-0.1, -0.05) is 6.07 Å². The summed E-state index contributed by atoms with van der Waals surface area (Å²) in [5, 5.41) is 12.4. The van der Waals surface area contributed by atoms with Crippen LogP contribution in [0.1, 0.15) is 54.1 Å². The summed E-state index contributed by atoms with van der Waals surface area (Å²) in [6, 6.07) is 9.84. The second-order valence-electron chi connectivity index (χ2n) is 10.7. The van der Waals surface area contributed by atoms with Crippen molar-refractivity contribution in [3.8, 4) is 11.3 Å². The summed E-state index contributed by atoms with van der Waals surface area (Å²) < 4.78 is 30.3. The molecule has 4 heterocycles. The largest absolute Gasteiger partial charge is 0.465 e. The summed E-state index contributed by atoms with van der Waals surface area (Å²) in [4.78, 5) is 35.6. The van der Waals surface area contributed by atoms with Gasteiger partial charge in [0.05, 0.1) is 22.8 Å². The lowest BCUT2D eigenvalue weighted by Gasteiger charge is -2.28. The number of alkyl halides is 1. The van der Waals surface area contributed by atoms with Gasteiger partial charge in [0.1, 0.15) is 12.0 Å². The molecule has 2 saturated heterocycles. The highest BCUT2D eigenvalue weighted by molar-refractivity contribution is 5.98. The van der Waals surface area contributed by atoms with Gasteiger partial charge in [0.25, 0.3) is 5.91 Å². The third kappa shape index (κ3) is 5.13. The summed E-state index contributed by atoms with van der Waals surface area (Å²) in [7, 11) is 0. The van der Waals surface area contributed by atoms with Crippen LogP contribution in [0.15, 0.2) is 42.6 Å². The lowest BCUT2D eigenvalue weighted by molar-refractivity contribution is 0.0949. The van der Waals surface area contributed by atoms with Crippen molar-refractivity contribution in [2.24, 2.45) is 0 Å². The second kappa shape index (κ2) is 10.9. The molecular formula is C29H32F2N6O3. The number of carboxylic acid groups (broad SMARTS) is 1. The first-order valence-corrected chi connectivity index (χ1v) is 13.8. The molecule has 0 radical (unpaired) electrons. The van der Waals surface area contributed by atoms with E-state index in [4.69, 9.17) is 0 Å². The topological polar surface area (TPSA) is 106 Å². The predicted molar refractivity (Wildman–Crippen MR) is 147 cm³/mol. The van der Waals surface area contributed by atoms with Gasteiger partial charge in [0, 0.05) is 43.5 Å². The molecule has 2 aromatic heterocycles. The van der Waals surface area contributed by atoms with E-state index in [1.54, 1.807) is 30.5 Å². The molecule has 210 valence electrons. The molecule has 3 N–H and O–H groups in total.